The van der Waals surface area contributed by atoms with Gasteiger partial charge in [0.15, 0.2) is 0 Å². The van der Waals surface area contributed by atoms with Gasteiger partial charge in [0.2, 0.25) is 5.91 Å². The van der Waals surface area contributed by atoms with Crippen LogP contribution < -0.4 is 11.1 Å². The molecular formula is C10H10ClN3O3. The van der Waals surface area contributed by atoms with Crippen molar-refractivity contribution in [2.75, 3.05) is 5.32 Å². The number of anilines is 1. The Morgan fingerprint density at radius 3 is 2.65 bits per heavy atom. The van der Waals surface area contributed by atoms with Crippen LogP contribution >= 0.6 is 11.6 Å². The van der Waals surface area contributed by atoms with Gasteiger partial charge in [0.1, 0.15) is 5.02 Å². The maximum Gasteiger partial charge on any atom is 0.288 e. The van der Waals surface area contributed by atoms with E-state index in [4.69, 9.17) is 17.3 Å². The number of amides is 1. The molecule has 1 saturated carbocycles. The third-order valence-corrected chi connectivity index (χ3v) is 2.95. The molecule has 17 heavy (non-hydrogen) atoms. The van der Waals surface area contributed by atoms with Gasteiger partial charge in [0.05, 0.1) is 10.5 Å². The lowest BCUT2D eigenvalue weighted by molar-refractivity contribution is -0.384. The molecule has 6 nitrogen and oxygen atoms in total. The fraction of sp³-hybridized carbons (Fsp3) is 0.300. The van der Waals surface area contributed by atoms with E-state index in [1.807, 2.05) is 0 Å². The van der Waals surface area contributed by atoms with Crippen LogP contribution in [-0.4, -0.2) is 16.4 Å². The normalized spacial score (nSPS) is 16.4. The molecule has 2 rings (SSSR count). The Bertz CT molecular complexity index is 500. The Labute approximate surface area is 102 Å². The first-order valence-electron chi connectivity index (χ1n) is 4.97. The molecule has 1 aromatic carbocycles. The van der Waals surface area contributed by atoms with E-state index in [-0.39, 0.29) is 16.6 Å². The standard InChI is InChI=1S/C10H10ClN3O3/c11-7-5-6(1-2-8(7)14(16)17)13-9(15)10(12)3-4-10/h1-2,5H,3-4,12H2,(H,13,15). The predicted octanol–water partition coefficient (Wildman–Crippen LogP) is 1.68. The van der Waals surface area contributed by atoms with Crippen LogP contribution in [0.3, 0.4) is 0 Å². The van der Waals surface area contributed by atoms with Gasteiger partial charge < -0.3 is 11.1 Å². The molecule has 1 aromatic rings. The molecule has 0 saturated heterocycles. The highest BCUT2D eigenvalue weighted by molar-refractivity contribution is 6.33. The number of nitrogens with one attached hydrogen (secondary N) is 1. The molecule has 7 heteroatoms. The fourth-order valence-corrected chi connectivity index (χ4v) is 1.60. The fourth-order valence-electron chi connectivity index (χ4n) is 1.35. The van der Waals surface area contributed by atoms with Gasteiger partial charge in [-0.2, -0.15) is 0 Å². The molecule has 0 aromatic heterocycles. The zero-order valence-electron chi connectivity index (χ0n) is 8.77. The lowest BCUT2D eigenvalue weighted by Crippen LogP contribution is -2.37. The number of nitro benzene ring substituents is 1. The van der Waals surface area contributed by atoms with Gasteiger partial charge in [-0.15, -0.1) is 0 Å². The SMILES string of the molecule is NC1(C(=O)Nc2ccc([N+](=O)[O-])c(Cl)c2)CC1. The number of hydrogen-bond donors (Lipinski definition) is 2. The van der Waals surface area contributed by atoms with Gasteiger partial charge in [0, 0.05) is 11.8 Å². The number of carbonyl (C=O) groups is 1. The summed E-state index contributed by atoms with van der Waals surface area (Å²) in [7, 11) is 0. The van der Waals surface area contributed by atoms with Gasteiger partial charge in [-0.05, 0) is 25.0 Å². The molecular weight excluding hydrogens is 246 g/mol. The van der Waals surface area contributed by atoms with E-state index in [1.165, 1.54) is 18.2 Å². The summed E-state index contributed by atoms with van der Waals surface area (Å²) >= 11 is 5.71. The van der Waals surface area contributed by atoms with Crippen LogP contribution in [0.4, 0.5) is 11.4 Å². The molecule has 1 amide bonds. The average Bonchev–Trinajstić information content (AvgIpc) is 2.97. The molecule has 1 aliphatic rings. The van der Waals surface area contributed by atoms with Gasteiger partial charge in [-0.25, -0.2) is 0 Å². The van der Waals surface area contributed by atoms with E-state index in [1.54, 1.807) is 0 Å². The molecule has 1 fully saturated rings. The van der Waals surface area contributed by atoms with E-state index in [0.717, 1.165) is 0 Å². The number of benzene rings is 1. The van der Waals surface area contributed by atoms with E-state index in [9.17, 15) is 14.9 Å². The minimum absolute atomic E-state index is 0.0188. The van der Waals surface area contributed by atoms with Crippen LogP contribution in [0.2, 0.25) is 5.02 Å². The Morgan fingerprint density at radius 2 is 2.18 bits per heavy atom. The van der Waals surface area contributed by atoms with Gasteiger partial charge in [-0.3, -0.25) is 14.9 Å². The summed E-state index contributed by atoms with van der Waals surface area (Å²) in [5, 5.41) is 13.1. The van der Waals surface area contributed by atoms with Crippen molar-refractivity contribution in [3.05, 3.63) is 33.3 Å². The minimum Gasteiger partial charge on any atom is -0.324 e. The number of halogens is 1. The van der Waals surface area contributed by atoms with Crippen molar-refractivity contribution in [3.63, 3.8) is 0 Å². The molecule has 0 radical (unpaired) electrons. The molecule has 0 atom stereocenters. The van der Waals surface area contributed by atoms with Crippen molar-refractivity contribution in [2.45, 2.75) is 18.4 Å². The summed E-state index contributed by atoms with van der Waals surface area (Å²) in [4.78, 5) is 21.6. The number of hydrogen-bond acceptors (Lipinski definition) is 4. The number of nitrogens with two attached hydrogens (primary N) is 1. The summed E-state index contributed by atoms with van der Waals surface area (Å²) < 4.78 is 0. The first-order chi connectivity index (χ1) is 7.92. The van der Waals surface area contributed by atoms with Crippen molar-refractivity contribution in [2.24, 2.45) is 5.73 Å². The van der Waals surface area contributed by atoms with E-state index in [2.05, 4.69) is 5.32 Å². The maximum absolute atomic E-state index is 11.6. The zero-order chi connectivity index (χ0) is 12.6. The maximum atomic E-state index is 11.6. The Morgan fingerprint density at radius 1 is 1.53 bits per heavy atom. The van der Waals surface area contributed by atoms with Crippen molar-refractivity contribution < 1.29 is 9.72 Å². The van der Waals surface area contributed by atoms with E-state index >= 15 is 0 Å². The topological polar surface area (TPSA) is 98.3 Å². The quantitative estimate of drug-likeness (QED) is 0.634. The van der Waals surface area contributed by atoms with Crippen molar-refractivity contribution >= 4 is 28.9 Å². The molecule has 0 aliphatic heterocycles. The second kappa shape index (κ2) is 3.97. The minimum atomic E-state index is -0.783. The Kier molecular flexibility index (Phi) is 2.76. The summed E-state index contributed by atoms with van der Waals surface area (Å²) in [6.45, 7) is 0. The van der Waals surface area contributed by atoms with Gasteiger partial charge >= 0.3 is 0 Å². The van der Waals surface area contributed by atoms with Crippen LogP contribution in [0.25, 0.3) is 0 Å². The lowest BCUT2D eigenvalue weighted by atomic mass is 10.2. The van der Waals surface area contributed by atoms with Crippen LogP contribution in [0.15, 0.2) is 18.2 Å². The van der Waals surface area contributed by atoms with Crippen LogP contribution in [0, 0.1) is 10.1 Å². The second-order valence-electron chi connectivity index (χ2n) is 4.03. The lowest BCUT2D eigenvalue weighted by Gasteiger charge is -2.10. The van der Waals surface area contributed by atoms with Crippen molar-refractivity contribution in [1.29, 1.82) is 0 Å². The van der Waals surface area contributed by atoms with E-state index in [0.29, 0.717) is 18.5 Å². The van der Waals surface area contributed by atoms with Gasteiger partial charge in [-0.1, -0.05) is 11.6 Å². The highest BCUT2D eigenvalue weighted by atomic mass is 35.5. The molecule has 0 spiro atoms. The molecule has 90 valence electrons. The Balaban J connectivity index is 2.15. The van der Waals surface area contributed by atoms with Gasteiger partial charge in [0.25, 0.3) is 5.69 Å². The third-order valence-electron chi connectivity index (χ3n) is 2.64. The van der Waals surface area contributed by atoms with Crippen LogP contribution in [0.1, 0.15) is 12.8 Å². The Hall–Kier alpha value is -1.66. The van der Waals surface area contributed by atoms with Crippen LogP contribution in [-0.2, 0) is 4.79 Å². The smallest absolute Gasteiger partial charge is 0.288 e. The average molecular weight is 256 g/mol. The highest BCUT2D eigenvalue weighted by Gasteiger charge is 2.45. The highest BCUT2D eigenvalue weighted by Crippen LogP contribution is 2.34. The number of nitrogens with zero attached hydrogens (tertiary/aromatic N) is 1. The number of carbonyl (C=O) groups excluding carboxylic acids is 1. The third kappa shape index (κ3) is 2.37. The molecule has 3 N–H and O–H groups in total. The number of nitro groups is 1. The second-order valence-corrected chi connectivity index (χ2v) is 4.44. The van der Waals surface area contributed by atoms with Crippen molar-refractivity contribution in [3.8, 4) is 0 Å². The summed E-state index contributed by atoms with van der Waals surface area (Å²) in [5.41, 5.74) is 5.13. The zero-order valence-corrected chi connectivity index (χ0v) is 9.53. The number of rotatable bonds is 3. The predicted molar refractivity (Wildman–Crippen MR) is 62.9 cm³/mol. The molecule has 0 unspecified atom stereocenters. The summed E-state index contributed by atoms with van der Waals surface area (Å²) in [6.07, 6.45) is 1.30. The largest absolute Gasteiger partial charge is 0.324 e. The first kappa shape index (κ1) is 11.8. The molecule has 1 aliphatic carbocycles. The summed E-state index contributed by atoms with van der Waals surface area (Å²) in [6, 6.07) is 4.00. The summed E-state index contributed by atoms with van der Waals surface area (Å²) in [5.74, 6) is -0.289. The first-order valence-corrected chi connectivity index (χ1v) is 5.34. The molecule has 0 heterocycles. The monoisotopic (exact) mass is 255 g/mol. The van der Waals surface area contributed by atoms with Crippen LogP contribution in [0.5, 0.6) is 0 Å². The van der Waals surface area contributed by atoms with E-state index < -0.39 is 10.5 Å². The molecule has 0 bridgehead atoms. The van der Waals surface area contributed by atoms with Crippen molar-refractivity contribution in [1.82, 2.24) is 0 Å².